The minimum Gasteiger partial charge on any atom is -1.00 e. The molecule has 0 saturated carbocycles. The summed E-state index contributed by atoms with van der Waals surface area (Å²) in [5.74, 6) is 0. The van der Waals surface area contributed by atoms with E-state index >= 15 is 0 Å². The van der Waals surface area contributed by atoms with Crippen LogP contribution in [0.15, 0.2) is 55.1 Å². The Labute approximate surface area is 303 Å². The molecule has 0 atom stereocenters. The van der Waals surface area contributed by atoms with Gasteiger partial charge in [0, 0.05) is 45.2 Å². The maximum Gasteiger partial charge on any atom is 1.00 e. The van der Waals surface area contributed by atoms with Crippen molar-refractivity contribution in [3.8, 4) is 0 Å². The molecule has 0 unspecified atom stereocenters. The summed E-state index contributed by atoms with van der Waals surface area (Å²) in [6, 6.07) is 4.99. The van der Waals surface area contributed by atoms with E-state index in [1.54, 1.807) is 24.4 Å². The van der Waals surface area contributed by atoms with Crippen molar-refractivity contribution in [3.05, 3.63) is 88.7 Å². The summed E-state index contributed by atoms with van der Waals surface area (Å²) in [5.41, 5.74) is 1.17. The van der Waals surface area contributed by atoms with Gasteiger partial charge >= 0.3 is 48.4 Å². The molecule has 0 aliphatic carbocycles. The molecule has 2 N–H and O–H groups in total. The quantitative estimate of drug-likeness (QED) is 0.140. The average molecular weight is 839 g/mol. The van der Waals surface area contributed by atoms with E-state index < -0.39 is 0 Å². The van der Waals surface area contributed by atoms with Crippen LogP contribution in [0.5, 0.6) is 0 Å². The van der Waals surface area contributed by atoms with Gasteiger partial charge in [0.05, 0.1) is 26.1 Å². The van der Waals surface area contributed by atoms with Crippen molar-refractivity contribution < 1.29 is 77.3 Å². The van der Waals surface area contributed by atoms with E-state index in [0.717, 1.165) is 16.2 Å². The smallest absolute Gasteiger partial charge is 1.00 e. The number of aldehydes is 1. The summed E-state index contributed by atoms with van der Waals surface area (Å²) in [4.78, 5) is 21.8. The van der Waals surface area contributed by atoms with Crippen molar-refractivity contribution >= 4 is 113 Å². The van der Waals surface area contributed by atoms with E-state index in [2.05, 4.69) is 78.7 Å². The second-order valence-corrected chi connectivity index (χ2v) is 9.26. The fourth-order valence-corrected chi connectivity index (χ4v) is 3.35. The molecule has 3 rings (SSSR count). The van der Waals surface area contributed by atoms with Crippen LogP contribution < -0.4 is 60.8 Å². The summed E-state index contributed by atoms with van der Waals surface area (Å²) < 4.78 is 2.80. The van der Waals surface area contributed by atoms with Gasteiger partial charge in [-0.2, -0.15) is 0 Å². The van der Waals surface area contributed by atoms with E-state index in [0.29, 0.717) is 41.7 Å². The molecule has 0 aromatic carbocycles. The summed E-state index contributed by atoms with van der Waals surface area (Å²) in [5, 5.41) is 17.3. The average Bonchev–Trinajstić information content (AvgIpc) is 2.76. The number of halogens is 8. The maximum atomic E-state index is 10.3. The molecule has 0 fully saturated rings. The van der Waals surface area contributed by atoms with Crippen LogP contribution in [-0.2, 0) is 6.61 Å². The van der Waals surface area contributed by atoms with E-state index in [1.807, 2.05) is 0 Å². The molecule has 0 aliphatic rings. The molecular weight excluding hydrogens is 820 g/mol. The van der Waals surface area contributed by atoms with Crippen LogP contribution in [0.4, 0.5) is 0 Å². The summed E-state index contributed by atoms with van der Waals surface area (Å²) in [6.45, 7) is -0.0475. The minimum atomic E-state index is -0.0475. The van der Waals surface area contributed by atoms with Gasteiger partial charge in [0.15, 0.2) is 6.29 Å². The number of aliphatic hydroxyl groups excluding tert-OH is 2. The number of aromatic nitrogens is 3. The standard InChI is InChI=1S/C6H5BrClNO.C6H3BrClNO.C5H2Br2ClN.CH4O.CH3.B.ClH.Li.Na.H/c2*7-6-4(3-10)1-5(8)2-9-6;6-4-1-3(8)2-9-5(4)7;1-2;;;;;;/h1-2,10H,3H2;1-3H;1-2H;2H,1H3;1H3;;1H;;;/q;;;;-1;;;2*+1;-1/p-1. The molecule has 17 heteroatoms. The number of carbonyl (C=O) groups excluding carboxylic acids is 1. The zero-order valence-electron chi connectivity index (χ0n) is 20.5. The predicted molar refractivity (Wildman–Crippen MR) is 151 cm³/mol. The molecule has 0 saturated heterocycles. The van der Waals surface area contributed by atoms with Crippen LogP contribution >= 0.6 is 98.5 Å². The molecule has 3 heterocycles. The monoisotopic (exact) mass is 833 g/mol. The molecule has 0 spiro atoms. The second-order valence-electron chi connectivity index (χ2n) is 4.84. The van der Waals surface area contributed by atoms with Crippen molar-refractivity contribution in [2.24, 2.45) is 0 Å². The minimum absolute atomic E-state index is 0. The summed E-state index contributed by atoms with van der Waals surface area (Å²) in [7, 11) is 1.00. The van der Waals surface area contributed by atoms with E-state index in [1.165, 1.54) is 12.4 Å². The first-order valence-electron chi connectivity index (χ1n) is 7.76. The van der Waals surface area contributed by atoms with Gasteiger partial charge < -0.3 is 31.5 Å². The van der Waals surface area contributed by atoms with Crippen molar-refractivity contribution in [1.82, 2.24) is 15.0 Å². The SMILES string of the molecule is CO.Clc1cnc(Br)c(Br)c1.O=Cc1cc(Cl)cnc1Br.OCc1cc(Cl)cnc1Br.[B].[CH3-].[Cl-].[H-].[Li+].[Na+]. The van der Waals surface area contributed by atoms with Crippen LogP contribution in [0.3, 0.4) is 0 Å². The molecule has 6 nitrogen and oxygen atoms in total. The first kappa shape index (κ1) is 50.6. The third-order valence-corrected chi connectivity index (χ3v) is 6.54. The molecule has 3 radical (unpaired) electrons. The van der Waals surface area contributed by atoms with Crippen LogP contribution in [0, 0.1) is 7.43 Å². The number of nitrogens with zero attached hydrogens (tertiary/aromatic N) is 3. The number of hydrogen-bond acceptors (Lipinski definition) is 6. The number of aliphatic hydroxyl groups is 2. The Morgan fingerprint density at radius 1 is 0.861 bits per heavy atom. The van der Waals surface area contributed by atoms with Crippen LogP contribution in [0.1, 0.15) is 17.3 Å². The fourth-order valence-electron chi connectivity index (χ4n) is 1.49. The number of carbonyl (C=O) groups is 1. The van der Waals surface area contributed by atoms with Crippen LogP contribution in [-0.4, -0.2) is 47.0 Å². The Hall–Kier alpha value is 1.78. The van der Waals surface area contributed by atoms with Gasteiger partial charge in [-0.05, 0) is 81.9 Å². The van der Waals surface area contributed by atoms with Crippen molar-refractivity contribution in [1.29, 1.82) is 0 Å². The molecule has 3 aromatic heterocycles. The topological polar surface area (TPSA) is 96.2 Å². The van der Waals surface area contributed by atoms with Gasteiger partial charge in [0.2, 0.25) is 0 Å². The van der Waals surface area contributed by atoms with Crippen molar-refractivity contribution in [2.45, 2.75) is 6.61 Å². The normalized spacial score (nSPS) is 7.94. The number of pyridine rings is 3. The van der Waals surface area contributed by atoms with Gasteiger partial charge in [-0.3, -0.25) is 4.79 Å². The summed E-state index contributed by atoms with van der Waals surface area (Å²) >= 11 is 29.5. The zero-order chi connectivity index (χ0) is 24.0. The Kier molecular flexibility index (Phi) is 41.8. The Balaban J connectivity index is -0.0000000654. The Morgan fingerprint density at radius 2 is 1.25 bits per heavy atom. The first-order valence-corrected chi connectivity index (χ1v) is 12.1. The Bertz CT molecular complexity index is 1020. The largest absolute Gasteiger partial charge is 1.00 e. The zero-order valence-corrected chi connectivity index (χ0v) is 30.9. The van der Waals surface area contributed by atoms with Gasteiger partial charge in [0.25, 0.3) is 0 Å². The molecule has 3 aromatic rings. The van der Waals surface area contributed by atoms with Crippen LogP contribution in [0.2, 0.25) is 15.1 Å². The van der Waals surface area contributed by atoms with E-state index in [9.17, 15) is 4.79 Å². The second kappa shape index (κ2) is 29.8. The molecule has 0 aliphatic heterocycles. The number of rotatable bonds is 2. The van der Waals surface area contributed by atoms with E-state index in [4.69, 9.17) is 45.0 Å². The molecule has 36 heavy (non-hydrogen) atoms. The van der Waals surface area contributed by atoms with E-state index in [-0.39, 0.29) is 84.7 Å². The van der Waals surface area contributed by atoms with Gasteiger partial charge in [-0.15, -0.1) is 0 Å². The predicted octanol–water partition coefficient (Wildman–Crippen LogP) is -1.64. The third kappa shape index (κ3) is 21.6. The maximum absolute atomic E-state index is 10.3. The fraction of sp³-hybridized carbons (Fsp3) is 0.105. The molecule has 0 bridgehead atoms. The molecular formula is C19H18BBr4Cl4LiN3NaO3-. The molecule has 189 valence electrons. The third-order valence-electron chi connectivity index (χ3n) is 2.77. The van der Waals surface area contributed by atoms with Gasteiger partial charge in [-0.1, -0.05) is 34.8 Å². The first-order chi connectivity index (χ1) is 14.7. The molecule has 0 amide bonds. The van der Waals surface area contributed by atoms with Gasteiger partial charge in [0.1, 0.15) is 13.8 Å². The summed E-state index contributed by atoms with van der Waals surface area (Å²) in [6.07, 6.45) is 5.27. The van der Waals surface area contributed by atoms with Crippen LogP contribution in [0.25, 0.3) is 0 Å². The number of hydrogen-bond donors (Lipinski definition) is 2. The van der Waals surface area contributed by atoms with Crippen molar-refractivity contribution in [2.75, 3.05) is 7.11 Å². The Morgan fingerprint density at radius 3 is 1.58 bits per heavy atom. The van der Waals surface area contributed by atoms with Crippen molar-refractivity contribution in [3.63, 3.8) is 0 Å². The van der Waals surface area contributed by atoms with Gasteiger partial charge in [-0.25, -0.2) is 15.0 Å².